The molecule has 10 atom stereocenters. The lowest BCUT2D eigenvalue weighted by molar-refractivity contribution is -0.355. The number of ether oxygens (including phenoxy) is 4. The normalized spacial score (nSPS) is 41.4. The molecule has 2 aliphatic rings. The smallest absolute Gasteiger partial charge is 0.228 e. The largest absolute Gasteiger partial charge is 0.470 e. The summed E-state index contributed by atoms with van der Waals surface area (Å²) in [6, 6.07) is 9.17. The average Bonchev–Trinajstić information content (AvgIpc) is 2.79. The third kappa shape index (κ3) is 5.41. The Morgan fingerprint density at radius 3 is 2.00 bits per heavy atom. The SMILES string of the molecule is OC[C@H]1O[C@@H](O[C@H]2[C@H](O)[C@@H](O)[C@H](O/C=C/c3ccccc3)O[C@@H]2CO)[C@H](O)[C@@H](O)[C@@H]1O. The minimum atomic E-state index is -1.72. The highest BCUT2D eigenvalue weighted by Crippen LogP contribution is 2.29. The zero-order valence-electron chi connectivity index (χ0n) is 16.5. The van der Waals surface area contributed by atoms with Crippen LogP contribution in [-0.2, 0) is 18.9 Å². The van der Waals surface area contributed by atoms with Crippen molar-refractivity contribution < 1.29 is 54.7 Å². The van der Waals surface area contributed by atoms with Gasteiger partial charge in [0, 0.05) is 0 Å². The van der Waals surface area contributed by atoms with Gasteiger partial charge in [0.15, 0.2) is 6.29 Å². The van der Waals surface area contributed by atoms with Crippen molar-refractivity contribution in [3.05, 3.63) is 42.2 Å². The Morgan fingerprint density at radius 2 is 1.35 bits per heavy atom. The molecule has 2 saturated heterocycles. The molecule has 0 aromatic heterocycles. The van der Waals surface area contributed by atoms with E-state index in [1.54, 1.807) is 6.08 Å². The van der Waals surface area contributed by atoms with E-state index in [0.29, 0.717) is 0 Å². The van der Waals surface area contributed by atoms with E-state index in [1.807, 2.05) is 30.3 Å². The lowest BCUT2D eigenvalue weighted by atomic mass is 9.97. The molecule has 1 aromatic rings. The maximum Gasteiger partial charge on any atom is 0.228 e. The predicted molar refractivity (Wildman–Crippen MR) is 103 cm³/mol. The van der Waals surface area contributed by atoms with E-state index in [2.05, 4.69) is 0 Å². The Balaban J connectivity index is 1.65. The summed E-state index contributed by atoms with van der Waals surface area (Å²) in [6.45, 7) is -1.29. The topological polar surface area (TPSA) is 179 Å². The molecule has 2 fully saturated rings. The van der Waals surface area contributed by atoms with E-state index in [9.17, 15) is 35.7 Å². The van der Waals surface area contributed by atoms with Crippen LogP contribution in [0.1, 0.15) is 5.56 Å². The van der Waals surface area contributed by atoms with Gasteiger partial charge in [0.05, 0.1) is 19.5 Å². The molecule has 31 heavy (non-hydrogen) atoms. The van der Waals surface area contributed by atoms with Crippen molar-refractivity contribution in [3.63, 3.8) is 0 Å². The molecule has 11 nitrogen and oxygen atoms in total. The van der Waals surface area contributed by atoms with E-state index in [-0.39, 0.29) is 0 Å². The number of aliphatic hydroxyl groups is 7. The Morgan fingerprint density at radius 1 is 0.742 bits per heavy atom. The van der Waals surface area contributed by atoms with E-state index in [4.69, 9.17) is 18.9 Å². The van der Waals surface area contributed by atoms with Crippen molar-refractivity contribution in [2.75, 3.05) is 13.2 Å². The van der Waals surface area contributed by atoms with Crippen LogP contribution in [0.25, 0.3) is 6.08 Å². The van der Waals surface area contributed by atoms with Gasteiger partial charge in [-0.3, -0.25) is 0 Å². The van der Waals surface area contributed by atoms with Gasteiger partial charge in [0.2, 0.25) is 6.29 Å². The van der Waals surface area contributed by atoms with Gasteiger partial charge in [-0.1, -0.05) is 30.3 Å². The molecule has 0 aliphatic carbocycles. The van der Waals surface area contributed by atoms with E-state index in [1.165, 1.54) is 6.26 Å². The molecule has 2 aliphatic heterocycles. The summed E-state index contributed by atoms with van der Waals surface area (Å²) in [7, 11) is 0. The number of aliphatic hydroxyl groups excluding tert-OH is 7. The second-order valence-corrected chi connectivity index (χ2v) is 7.35. The molecule has 7 N–H and O–H groups in total. The van der Waals surface area contributed by atoms with Crippen molar-refractivity contribution in [2.24, 2.45) is 0 Å². The maximum atomic E-state index is 10.5. The van der Waals surface area contributed by atoms with Crippen LogP contribution < -0.4 is 0 Å². The van der Waals surface area contributed by atoms with Gasteiger partial charge < -0.3 is 54.7 Å². The second-order valence-electron chi connectivity index (χ2n) is 7.35. The first-order valence-electron chi connectivity index (χ1n) is 9.82. The minimum absolute atomic E-state index is 0.631. The van der Waals surface area contributed by atoms with Crippen molar-refractivity contribution in [3.8, 4) is 0 Å². The highest BCUT2D eigenvalue weighted by Gasteiger charge is 2.50. The van der Waals surface area contributed by atoms with Crippen LogP contribution in [-0.4, -0.2) is 110 Å². The van der Waals surface area contributed by atoms with Crippen LogP contribution in [0.5, 0.6) is 0 Å². The number of hydrogen-bond donors (Lipinski definition) is 7. The Labute approximate surface area is 178 Å². The molecular formula is C20H28O11. The van der Waals surface area contributed by atoms with Crippen molar-refractivity contribution in [1.82, 2.24) is 0 Å². The van der Waals surface area contributed by atoms with Crippen LogP contribution >= 0.6 is 0 Å². The van der Waals surface area contributed by atoms with Crippen molar-refractivity contribution in [2.45, 2.75) is 61.4 Å². The number of benzene rings is 1. The Bertz CT molecular complexity index is 698. The lowest BCUT2D eigenvalue weighted by Gasteiger charge is -2.45. The maximum absolute atomic E-state index is 10.5. The summed E-state index contributed by atoms with van der Waals surface area (Å²) in [4.78, 5) is 0. The fourth-order valence-electron chi connectivity index (χ4n) is 3.43. The monoisotopic (exact) mass is 444 g/mol. The summed E-state index contributed by atoms with van der Waals surface area (Å²) >= 11 is 0. The van der Waals surface area contributed by atoms with Crippen molar-refractivity contribution >= 4 is 6.08 Å². The van der Waals surface area contributed by atoms with Gasteiger partial charge in [0.25, 0.3) is 0 Å². The Kier molecular flexibility index (Phi) is 8.36. The zero-order chi connectivity index (χ0) is 22.5. The summed E-state index contributed by atoms with van der Waals surface area (Å²) in [5.41, 5.74) is 0.830. The summed E-state index contributed by atoms with van der Waals surface area (Å²) < 4.78 is 21.6. The van der Waals surface area contributed by atoms with Crippen LogP contribution in [0.4, 0.5) is 0 Å². The van der Waals surface area contributed by atoms with Crippen LogP contribution in [0.15, 0.2) is 36.6 Å². The third-order valence-corrected chi connectivity index (χ3v) is 5.23. The fraction of sp³-hybridized carbons (Fsp3) is 0.600. The molecule has 0 radical (unpaired) electrons. The van der Waals surface area contributed by atoms with Gasteiger partial charge >= 0.3 is 0 Å². The molecule has 0 saturated carbocycles. The van der Waals surface area contributed by atoms with Gasteiger partial charge in [-0.25, -0.2) is 0 Å². The highest BCUT2D eigenvalue weighted by molar-refractivity contribution is 5.47. The molecular weight excluding hydrogens is 416 g/mol. The molecule has 0 bridgehead atoms. The molecule has 0 spiro atoms. The van der Waals surface area contributed by atoms with E-state index < -0.39 is 74.6 Å². The molecule has 0 amide bonds. The van der Waals surface area contributed by atoms with Gasteiger partial charge in [0.1, 0.15) is 48.8 Å². The Hall–Kier alpha value is -1.64. The first kappa shape index (κ1) is 24.0. The fourth-order valence-corrected chi connectivity index (χ4v) is 3.43. The van der Waals surface area contributed by atoms with Crippen LogP contribution in [0.2, 0.25) is 0 Å². The van der Waals surface area contributed by atoms with Gasteiger partial charge in [-0.15, -0.1) is 0 Å². The first-order valence-corrected chi connectivity index (χ1v) is 9.82. The highest BCUT2D eigenvalue weighted by atomic mass is 16.7. The minimum Gasteiger partial charge on any atom is -0.470 e. The quantitative estimate of drug-likeness (QED) is 0.218. The standard InChI is InChI=1S/C20H28O11/c21-8-11-13(23)14(24)16(26)20(29-11)31-18-12(9-22)30-19(17(27)15(18)25)28-7-6-10-4-2-1-3-5-10/h1-7,11-27H,8-9H2/b7-6+/t11-,12-,13-,14+,15-,16-,17-,18-,19-,20+/m1/s1. The molecule has 3 rings (SSSR count). The lowest BCUT2D eigenvalue weighted by Crippen LogP contribution is -2.64. The molecule has 174 valence electrons. The molecule has 0 unspecified atom stereocenters. The van der Waals surface area contributed by atoms with E-state index in [0.717, 1.165) is 5.56 Å². The van der Waals surface area contributed by atoms with E-state index >= 15 is 0 Å². The summed E-state index contributed by atoms with van der Waals surface area (Å²) in [5, 5.41) is 69.7. The molecule has 1 aromatic carbocycles. The average molecular weight is 444 g/mol. The molecule has 11 heteroatoms. The van der Waals surface area contributed by atoms with Crippen molar-refractivity contribution in [1.29, 1.82) is 0 Å². The summed E-state index contributed by atoms with van der Waals surface area (Å²) in [6.07, 6.45) is -12.0. The van der Waals surface area contributed by atoms with Crippen LogP contribution in [0, 0.1) is 0 Å². The van der Waals surface area contributed by atoms with Gasteiger partial charge in [-0.05, 0) is 11.6 Å². The van der Waals surface area contributed by atoms with Gasteiger partial charge in [-0.2, -0.15) is 0 Å². The molecule has 2 heterocycles. The predicted octanol–water partition coefficient (Wildman–Crippen LogP) is -2.70. The second kappa shape index (κ2) is 10.8. The summed E-state index contributed by atoms with van der Waals surface area (Å²) in [5.74, 6) is 0. The van der Waals surface area contributed by atoms with Crippen LogP contribution in [0.3, 0.4) is 0 Å². The first-order chi connectivity index (χ1) is 14.9. The zero-order valence-corrected chi connectivity index (χ0v) is 16.5. The third-order valence-electron chi connectivity index (χ3n) is 5.23. The number of rotatable bonds is 7. The number of hydrogen-bond acceptors (Lipinski definition) is 11.